The van der Waals surface area contributed by atoms with E-state index < -0.39 is 0 Å². The lowest BCUT2D eigenvalue weighted by atomic mass is 9.96. The first-order valence-corrected chi connectivity index (χ1v) is 5.30. The molecule has 0 N–H and O–H groups in total. The SMILES string of the molecule is COc1cc(C(C)CC=O)cc(OC)c1C. The van der Waals surface area contributed by atoms with Crippen LogP contribution in [0.3, 0.4) is 0 Å². The fraction of sp³-hybridized carbons (Fsp3) is 0.462. The number of aldehydes is 1. The fourth-order valence-corrected chi connectivity index (χ4v) is 1.67. The molecule has 1 atom stereocenters. The number of rotatable bonds is 5. The van der Waals surface area contributed by atoms with E-state index in [1.807, 2.05) is 26.0 Å². The standard InChI is InChI=1S/C13H18O3/c1-9(5-6-14)11-7-12(15-3)10(2)13(8-11)16-4/h6-9H,5H2,1-4H3. The molecule has 88 valence electrons. The summed E-state index contributed by atoms with van der Waals surface area (Å²) in [7, 11) is 3.27. The Hall–Kier alpha value is -1.51. The Bertz CT molecular complexity index is 346. The average molecular weight is 222 g/mol. The van der Waals surface area contributed by atoms with E-state index in [9.17, 15) is 4.79 Å². The first-order valence-electron chi connectivity index (χ1n) is 5.30. The van der Waals surface area contributed by atoms with Crippen molar-refractivity contribution in [3.05, 3.63) is 23.3 Å². The molecule has 0 fully saturated rings. The Morgan fingerprint density at radius 1 is 1.25 bits per heavy atom. The van der Waals surface area contributed by atoms with E-state index in [2.05, 4.69) is 0 Å². The molecule has 16 heavy (non-hydrogen) atoms. The molecule has 0 radical (unpaired) electrons. The number of carbonyl (C=O) groups excluding carboxylic acids is 1. The van der Waals surface area contributed by atoms with Crippen molar-refractivity contribution < 1.29 is 14.3 Å². The maximum absolute atomic E-state index is 10.5. The predicted molar refractivity (Wildman–Crippen MR) is 63.4 cm³/mol. The zero-order chi connectivity index (χ0) is 12.1. The second-order valence-electron chi connectivity index (χ2n) is 3.85. The van der Waals surface area contributed by atoms with Crippen LogP contribution in [0, 0.1) is 6.92 Å². The van der Waals surface area contributed by atoms with Gasteiger partial charge in [-0.25, -0.2) is 0 Å². The Kier molecular flexibility index (Phi) is 4.35. The molecule has 0 heterocycles. The van der Waals surface area contributed by atoms with Gasteiger partial charge in [0.15, 0.2) is 0 Å². The molecule has 3 heteroatoms. The van der Waals surface area contributed by atoms with Crippen LogP contribution in [0.4, 0.5) is 0 Å². The minimum atomic E-state index is 0.181. The van der Waals surface area contributed by atoms with Crippen LogP contribution in [0.5, 0.6) is 11.5 Å². The van der Waals surface area contributed by atoms with Gasteiger partial charge in [-0.1, -0.05) is 6.92 Å². The molecule has 1 rings (SSSR count). The molecule has 0 aliphatic rings. The van der Waals surface area contributed by atoms with E-state index in [1.54, 1.807) is 14.2 Å². The highest BCUT2D eigenvalue weighted by molar-refractivity contribution is 5.53. The number of carbonyl (C=O) groups is 1. The largest absolute Gasteiger partial charge is 0.496 e. The van der Waals surface area contributed by atoms with Crippen molar-refractivity contribution in [3.8, 4) is 11.5 Å². The predicted octanol–water partition coefficient (Wildman–Crippen LogP) is 2.70. The van der Waals surface area contributed by atoms with E-state index in [0.29, 0.717) is 6.42 Å². The molecule has 1 aromatic carbocycles. The van der Waals surface area contributed by atoms with Crippen molar-refractivity contribution in [3.63, 3.8) is 0 Å². The van der Waals surface area contributed by atoms with Crippen molar-refractivity contribution >= 4 is 6.29 Å². The van der Waals surface area contributed by atoms with E-state index in [1.165, 1.54) is 0 Å². The summed E-state index contributed by atoms with van der Waals surface area (Å²) in [6, 6.07) is 3.93. The minimum absolute atomic E-state index is 0.181. The molecule has 1 unspecified atom stereocenters. The summed E-state index contributed by atoms with van der Waals surface area (Å²) in [4.78, 5) is 10.5. The lowest BCUT2D eigenvalue weighted by Gasteiger charge is -2.15. The Morgan fingerprint density at radius 2 is 1.75 bits per heavy atom. The maximum atomic E-state index is 10.5. The van der Waals surface area contributed by atoms with E-state index in [4.69, 9.17) is 9.47 Å². The van der Waals surface area contributed by atoms with Gasteiger partial charge in [0, 0.05) is 12.0 Å². The highest BCUT2D eigenvalue weighted by Crippen LogP contribution is 2.33. The summed E-state index contributed by atoms with van der Waals surface area (Å²) in [5.41, 5.74) is 2.04. The van der Waals surface area contributed by atoms with Crippen molar-refractivity contribution in [2.75, 3.05) is 14.2 Å². The molecule has 0 saturated heterocycles. The van der Waals surface area contributed by atoms with Crippen LogP contribution >= 0.6 is 0 Å². The molecular weight excluding hydrogens is 204 g/mol. The third-order valence-corrected chi connectivity index (χ3v) is 2.79. The maximum Gasteiger partial charge on any atom is 0.125 e. The second kappa shape index (κ2) is 5.54. The lowest BCUT2D eigenvalue weighted by Crippen LogP contribution is -1.99. The highest BCUT2D eigenvalue weighted by Gasteiger charge is 2.12. The smallest absolute Gasteiger partial charge is 0.125 e. The summed E-state index contributed by atoms with van der Waals surface area (Å²) >= 11 is 0. The van der Waals surface area contributed by atoms with Crippen molar-refractivity contribution in [1.82, 2.24) is 0 Å². The molecule has 0 saturated carbocycles. The quantitative estimate of drug-likeness (QED) is 0.718. The van der Waals surface area contributed by atoms with Crippen molar-refractivity contribution in [2.24, 2.45) is 0 Å². The zero-order valence-electron chi connectivity index (χ0n) is 10.2. The molecule has 0 aliphatic heterocycles. The first-order chi connectivity index (χ1) is 7.63. The Labute approximate surface area is 96.4 Å². The van der Waals surface area contributed by atoms with Crippen LogP contribution < -0.4 is 9.47 Å². The molecule has 0 aliphatic carbocycles. The van der Waals surface area contributed by atoms with Gasteiger partial charge < -0.3 is 14.3 Å². The van der Waals surface area contributed by atoms with E-state index in [-0.39, 0.29) is 5.92 Å². The number of methoxy groups -OCH3 is 2. The van der Waals surface area contributed by atoms with Gasteiger partial charge in [-0.2, -0.15) is 0 Å². The van der Waals surface area contributed by atoms with Gasteiger partial charge >= 0.3 is 0 Å². The summed E-state index contributed by atoms with van der Waals surface area (Å²) in [5, 5.41) is 0. The monoisotopic (exact) mass is 222 g/mol. The molecule has 0 spiro atoms. The number of ether oxygens (including phenoxy) is 2. The minimum Gasteiger partial charge on any atom is -0.496 e. The number of hydrogen-bond donors (Lipinski definition) is 0. The van der Waals surface area contributed by atoms with Crippen LogP contribution in [0.1, 0.15) is 30.4 Å². The van der Waals surface area contributed by atoms with Crippen LogP contribution in [0.2, 0.25) is 0 Å². The van der Waals surface area contributed by atoms with Crippen LogP contribution in [-0.4, -0.2) is 20.5 Å². The van der Waals surface area contributed by atoms with Crippen LogP contribution in [0.15, 0.2) is 12.1 Å². The summed E-state index contributed by atoms with van der Waals surface area (Å²) in [6.45, 7) is 3.96. The number of hydrogen-bond acceptors (Lipinski definition) is 3. The molecule has 0 aromatic heterocycles. The Morgan fingerprint density at radius 3 is 2.12 bits per heavy atom. The van der Waals surface area contributed by atoms with Gasteiger partial charge in [-0.15, -0.1) is 0 Å². The van der Waals surface area contributed by atoms with Gasteiger partial charge in [-0.3, -0.25) is 0 Å². The van der Waals surface area contributed by atoms with Crippen molar-refractivity contribution in [2.45, 2.75) is 26.2 Å². The lowest BCUT2D eigenvalue weighted by molar-refractivity contribution is -0.108. The highest BCUT2D eigenvalue weighted by atomic mass is 16.5. The number of benzene rings is 1. The van der Waals surface area contributed by atoms with Crippen LogP contribution in [0.25, 0.3) is 0 Å². The molecule has 1 aromatic rings. The second-order valence-corrected chi connectivity index (χ2v) is 3.85. The molecule has 0 amide bonds. The Balaban J connectivity index is 3.15. The van der Waals surface area contributed by atoms with Gasteiger partial charge in [0.1, 0.15) is 17.8 Å². The molecule has 0 bridgehead atoms. The summed E-state index contributed by atoms with van der Waals surface area (Å²) < 4.78 is 10.6. The van der Waals surface area contributed by atoms with Crippen molar-refractivity contribution in [1.29, 1.82) is 0 Å². The average Bonchev–Trinajstić information content (AvgIpc) is 2.29. The van der Waals surface area contributed by atoms with Gasteiger partial charge in [0.05, 0.1) is 14.2 Å². The zero-order valence-corrected chi connectivity index (χ0v) is 10.2. The third kappa shape index (κ3) is 2.54. The molecule has 3 nitrogen and oxygen atoms in total. The molecular formula is C13H18O3. The normalized spacial score (nSPS) is 12.0. The van der Waals surface area contributed by atoms with E-state index in [0.717, 1.165) is 28.9 Å². The van der Waals surface area contributed by atoms with Crippen LogP contribution in [-0.2, 0) is 4.79 Å². The first kappa shape index (κ1) is 12.6. The third-order valence-electron chi connectivity index (χ3n) is 2.79. The fourth-order valence-electron chi connectivity index (χ4n) is 1.67. The van der Waals surface area contributed by atoms with Gasteiger partial charge in [0.2, 0.25) is 0 Å². The van der Waals surface area contributed by atoms with Gasteiger partial charge in [0.25, 0.3) is 0 Å². The summed E-state index contributed by atoms with van der Waals surface area (Å²) in [6.07, 6.45) is 1.44. The van der Waals surface area contributed by atoms with Gasteiger partial charge in [-0.05, 0) is 30.5 Å². The topological polar surface area (TPSA) is 35.5 Å². The summed E-state index contributed by atoms with van der Waals surface area (Å²) in [5.74, 6) is 1.78. The van der Waals surface area contributed by atoms with E-state index >= 15 is 0 Å².